The summed E-state index contributed by atoms with van der Waals surface area (Å²) in [4.78, 5) is 13.9. The standard InChI is InChI=1S/C15H10FNO2S2/c1-17-14(18)13(21-15(17)20)8-11-6-7-12(19-11)9-2-4-10(16)5-3-9/h2-8H,1H3. The molecule has 1 fully saturated rings. The summed E-state index contributed by atoms with van der Waals surface area (Å²) in [7, 11) is 1.64. The van der Waals surface area contributed by atoms with E-state index in [2.05, 4.69) is 0 Å². The van der Waals surface area contributed by atoms with Crippen molar-refractivity contribution in [2.24, 2.45) is 0 Å². The van der Waals surface area contributed by atoms with Gasteiger partial charge < -0.3 is 4.42 Å². The lowest BCUT2D eigenvalue weighted by Gasteiger charge is -2.03. The number of hydrogen-bond donors (Lipinski definition) is 0. The zero-order valence-corrected chi connectivity index (χ0v) is 12.6. The predicted octanol–water partition coefficient (Wildman–Crippen LogP) is 3.92. The fourth-order valence-electron chi connectivity index (χ4n) is 1.87. The highest BCUT2D eigenvalue weighted by atomic mass is 32.2. The van der Waals surface area contributed by atoms with Crippen LogP contribution in [0, 0.1) is 5.82 Å². The SMILES string of the molecule is CN1C(=O)C(=Cc2ccc(-c3ccc(F)cc3)o2)SC1=S. The first-order chi connectivity index (χ1) is 10.0. The molecule has 3 rings (SSSR count). The van der Waals surface area contributed by atoms with E-state index >= 15 is 0 Å². The third kappa shape index (κ3) is 2.77. The minimum Gasteiger partial charge on any atom is -0.457 e. The summed E-state index contributed by atoms with van der Waals surface area (Å²) in [5, 5.41) is 0. The molecule has 0 atom stereocenters. The molecule has 0 unspecified atom stereocenters. The van der Waals surface area contributed by atoms with Crippen molar-refractivity contribution in [2.75, 3.05) is 7.05 Å². The van der Waals surface area contributed by atoms with Gasteiger partial charge in [0.15, 0.2) is 0 Å². The van der Waals surface area contributed by atoms with E-state index in [4.69, 9.17) is 16.6 Å². The van der Waals surface area contributed by atoms with Crippen LogP contribution in [0.4, 0.5) is 4.39 Å². The lowest BCUT2D eigenvalue weighted by atomic mass is 10.2. The summed E-state index contributed by atoms with van der Waals surface area (Å²) in [5.41, 5.74) is 0.777. The zero-order valence-electron chi connectivity index (χ0n) is 11.0. The number of furan rings is 1. The molecule has 106 valence electrons. The highest BCUT2D eigenvalue weighted by Gasteiger charge is 2.28. The van der Waals surface area contributed by atoms with Gasteiger partial charge in [-0.25, -0.2) is 4.39 Å². The van der Waals surface area contributed by atoms with Gasteiger partial charge in [-0.3, -0.25) is 9.69 Å². The maximum atomic E-state index is 12.9. The van der Waals surface area contributed by atoms with Gasteiger partial charge in [-0.2, -0.15) is 0 Å². The van der Waals surface area contributed by atoms with Crippen molar-refractivity contribution in [1.29, 1.82) is 0 Å². The number of likely N-dealkylation sites (N-methyl/N-ethyl adjacent to an activating group) is 1. The van der Waals surface area contributed by atoms with Crippen LogP contribution in [0.3, 0.4) is 0 Å². The fourth-order valence-corrected chi connectivity index (χ4v) is 3.03. The molecule has 0 saturated carbocycles. The Morgan fingerprint density at radius 3 is 2.57 bits per heavy atom. The molecule has 0 N–H and O–H groups in total. The smallest absolute Gasteiger partial charge is 0.266 e. The first-order valence-corrected chi connectivity index (χ1v) is 7.34. The van der Waals surface area contributed by atoms with Gasteiger partial charge >= 0.3 is 0 Å². The van der Waals surface area contributed by atoms with Gasteiger partial charge in [-0.1, -0.05) is 24.0 Å². The molecule has 1 saturated heterocycles. The third-order valence-corrected chi connectivity index (χ3v) is 4.50. The van der Waals surface area contributed by atoms with E-state index in [1.165, 1.54) is 28.8 Å². The van der Waals surface area contributed by atoms with E-state index in [0.717, 1.165) is 5.56 Å². The van der Waals surface area contributed by atoms with Crippen molar-refractivity contribution in [1.82, 2.24) is 4.90 Å². The summed E-state index contributed by atoms with van der Waals surface area (Å²) in [6, 6.07) is 9.58. The third-order valence-electron chi connectivity index (χ3n) is 3.02. The number of nitrogens with zero attached hydrogens (tertiary/aromatic N) is 1. The number of amides is 1. The van der Waals surface area contributed by atoms with Crippen molar-refractivity contribution in [3.05, 3.63) is 52.9 Å². The minimum atomic E-state index is -0.294. The Kier molecular flexibility index (Phi) is 3.65. The molecule has 1 aliphatic rings. The van der Waals surface area contributed by atoms with E-state index in [1.54, 1.807) is 37.4 Å². The number of rotatable bonds is 2. The van der Waals surface area contributed by atoms with Crippen molar-refractivity contribution < 1.29 is 13.6 Å². The molecule has 0 bridgehead atoms. The molecule has 3 nitrogen and oxygen atoms in total. The predicted molar refractivity (Wildman–Crippen MR) is 85.0 cm³/mol. The lowest BCUT2D eigenvalue weighted by Crippen LogP contribution is -2.22. The normalized spacial score (nSPS) is 17.0. The number of carbonyl (C=O) groups is 1. The Morgan fingerprint density at radius 2 is 1.95 bits per heavy atom. The van der Waals surface area contributed by atoms with E-state index in [9.17, 15) is 9.18 Å². The van der Waals surface area contributed by atoms with Crippen molar-refractivity contribution in [3.63, 3.8) is 0 Å². The molecule has 0 aliphatic carbocycles. The Labute approximate surface area is 130 Å². The van der Waals surface area contributed by atoms with Crippen LogP contribution in [-0.4, -0.2) is 22.2 Å². The molecular formula is C15H10FNO2S2. The van der Waals surface area contributed by atoms with Crippen LogP contribution in [0.25, 0.3) is 17.4 Å². The first kappa shape index (κ1) is 14.0. The second-order valence-electron chi connectivity index (χ2n) is 4.45. The number of carbonyl (C=O) groups excluding carboxylic acids is 1. The summed E-state index contributed by atoms with van der Waals surface area (Å²) >= 11 is 6.31. The first-order valence-electron chi connectivity index (χ1n) is 6.12. The van der Waals surface area contributed by atoms with Gasteiger partial charge in [-0.05, 0) is 36.4 Å². The van der Waals surface area contributed by atoms with Crippen LogP contribution in [0.15, 0.2) is 45.7 Å². The van der Waals surface area contributed by atoms with Crippen LogP contribution in [0.2, 0.25) is 0 Å². The lowest BCUT2D eigenvalue weighted by molar-refractivity contribution is -0.121. The van der Waals surface area contributed by atoms with Crippen LogP contribution < -0.4 is 0 Å². The van der Waals surface area contributed by atoms with Crippen molar-refractivity contribution >= 4 is 40.3 Å². The van der Waals surface area contributed by atoms with Crippen molar-refractivity contribution in [2.45, 2.75) is 0 Å². The molecule has 1 aromatic carbocycles. The highest BCUT2D eigenvalue weighted by Crippen LogP contribution is 2.32. The van der Waals surface area contributed by atoms with Crippen LogP contribution >= 0.6 is 24.0 Å². The average Bonchev–Trinajstić information content (AvgIpc) is 3.02. The molecule has 1 amide bonds. The molecule has 1 aliphatic heterocycles. The number of thioether (sulfide) groups is 1. The molecule has 0 radical (unpaired) electrons. The molecule has 2 aromatic rings. The van der Waals surface area contributed by atoms with Gasteiger partial charge in [0.2, 0.25) is 0 Å². The Morgan fingerprint density at radius 1 is 1.24 bits per heavy atom. The number of hydrogen-bond acceptors (Lipinski definition) is 4. The second-order valence-corrected chi connectivity index (χ2v) is 6.13. The largest absolute Gasteiger partial charge is 0.457 e. The summed E-state index contributed by atoms with van der Waals surface area (Å²) < 4.78 is 19.1. The maximum absolute atomic E-state index is 12.9. The molecular weight excluding hydrogens is 309 g/mol. The topological polar surface area (TPSA) is 33.5 Å². The molecule has 0 spiro atoms. The van der Waals surface area contributed by atoms with Crippen LogP contribution in [0.1, 0.15) is 5.76 Å². The highest BCUT2D eigenvalue weighted by molar-refractivity contribution is 8.26. The zero-order chi connectivity index (χ0) is 15.0. The van der Waals surface area contributed by atoms with Gasteiger partial charge in [0.05, 0.1) is 4.91 Å². The molecule has 2 heterocycles. The van der Waals surface area contributed by atoms with Crippen LogP contribution in [0.5, 0.6) is 0 Å². The monoisotopic (exact) mass is 319 g/mol. The van der Waals surface area contributed by atoms with E-state index in [1.807, 2.05) is 0 Å². The van der Waals surface area contributed by atoms with Crippen molar-refractivity contribution in [3.8, 4) is 11.3 Å². The van der Waals surface area contributed by atoms with Gasteiger partial charge in [0.1, 0.15) is 21.7 Å². The van der Waals surface area contributed by atoms with Gasteiger partial charge in [0.25, 0.3) is 5.91 Å². The van der Waals surface area contributed by atoms with E-state index in [-0.39, 0.29) is 11.7 Å². The fraction of sp³-hybridized carbons (Fsp3) is 0.0667. The summed E-state index contributed by atoms with van der Waals surface area (Å²) in [6.45, 7) is 0. The second kappa shape index (κ2) is 5.46. The summed E-state index contributed by atoms with van der Waals surface area (Å²) in [6.07, 6.45) is 1.66. The quantitative estimate of drug-likeness (QED) is 0.620. The van der Waals surface area contributed by atoms with Gasteiger partial charge in [0, 0.05) is 18.7 Å². The molecule has 1 aromatic heterocycles. The number of thiocarbonyl (C=S) groups is 1. The molecule has 21 heavy (non-hydrogen) atoms. The molecule has 6 heteroatoms. The van der Waals surface area contributed by atoms with Crippen LogP contribution in [-0.2, 0) is 4.79 Å². The number of halogens is 1. The number of benzene rings is 1. The Bertz CT molecular complexity index is 749. The minimum absolute atomic E-state index is 0.135. The summed E-state index contributed by atoms with van der Waals surface area (Å²) in [5.74, 6) is 0.749. The average molecular weight is 319 g/mol. The Hall–Kier alpha value is -1.92. The Balaban J connectivity index is 1.87. The van der Waals surface area contributed by atoms with E-state index < -0.39 is 0 Å². The van der Waals surface area contributed by atoms with Gasteiger partial charge in [-0.15, -0.1) is 0 Å². The van der Waals surface area contributed by atoms with E-state index in [0.29, 0.717) is 20.7 Å². The maximum Gasteiger partial charge on any atom is 0.266 e.